The summed E-state index contributed by atoms with van der Waals surface area (Å²) in [5, 5.41) is 0.987. The van der Waals surface area contributed by atoms with Crippen molar-refractivity contribution < 1.29 is 4.39 Å². The van der Waals surface area contributed by atoms with Crippen LogP contribution < -0.4 is 0 Å². The number of benzene rings is 2. The number of aromatic nitrogens is 2. The molecule has 0 aliphatic rings. The van der Waals surface area contributed by atoms with Crippen LogP contribution in [0.4, 0.5) is 4.39 Å². The van der Waals surface area contributed by atoms with Crippen molar-refractivity contribution in [2.45, 2.75) is 10.8 Å². The summed E-state index contributed by atoms with van der Waals surface area (Å²) in [6.07, 6.45) is 0. The van der Waals surface area contributed by atoms with Crippen molar-refractivity contribution in [2.75, 3.05) is 0 Å². The third-order valence-corrected chi connectivity index (χ3v) is 4.20. The molecule has 2 nitrogen and oxygen atoms in total. The number of hydrogen-bond donors (Lipinski definition) is 0. The first kappa shape index (κ1) is 15.0. The Labute approximate surface area is 137 Å². The first-order chi connectivity index (χ1) is 10.7. The van der Waals surface area contributed by atoms with Gasteiger partial charge in [0, 0.05) is 11.3 Å². The molecule has 0 fully saturated rings. The van der Waals surface area contributed by atoms with E-state index in [4.69, 9.17) is 11.6 Å². The summed E-state index contributed by atoms with van der Waals surface area (Å²) in [5.41, 5.74) is 2.72. The molecule has 5 heteroatoms. The van der Waals surface area contributed by atoms with E-state index < -0.39 is 0 Å². The monoisotopic (exact) mass is 330 g/mol. The zero-order valence-corrected chi connectivity index (χ0v) is 13.1. The maximum atomic E-state index is 13.0. The molecule has 22 heavy (non-hydrogen) atoms. The lowest BCUT2D eigenvalue weighted by molar-refractivity contribution is 0.628. The topological polar surface area (TPSA) is 25.8 Å². The molecule has 2 aromatic carbocycles. The van der Waals surface area contributed by atoms with Gasteiger partial charge in [-0.25, -0.2) is 14.4 Å². The second-order valence-corrected chi connectivity index (χ2v) is 5.98. The van der Waals surface area contributed by atoms with Gasteiger partial charge in [0.15, 0.2) is 0 Å². The minimum atomic E-state index is -0.275. The molecule has 3 aromatic rings. The smallest absolute Gasteiger partial charge is 0.218 e. The van der Waals surface area contributed by atoms with Crippen LogP contribution in [0.25, 0.3) is 11.3 Å². The van der Waals surface area contributed by atoms with Crippen LogP contribution in [-0.2, 0) is 5.75 Å². The van der Waals surface area contributed by atoms with Crippen LogP contribution in [-0.4, -0.2) is 9.97 Å². The minimum Gasteiger partial charge on any atom is -0.218 e. The lowest BCUT2D eigenvalue weighted by Gasteiger charge is -2.05. The fraction of sp³-hybridized carbons (Fsp3) is 0.0588. The molecule has 1 aromatic heterocycles. The van der Waals surface area contributed by atoms with Gasteiger partial charge in [-0.2, -0.15) is 0 Å². The first-order valence-electron chi connectivity index (χ1n) is 6.68. The molecule has 0 aliphatic carbocycles. The average molecular weight is 331 g/mol. The SMILES string of the molecule is Fc1ccc(-c2cc(SCc3ccccc3)nc(Cl)n2)cc1. The molecule has 1 heterocycles. The highest BCUT2D eigenvalue weighted by Gasteiger charge is 2.07. The number of hydrogen-bond acceptors (Lipinski definition) is 3. The molecule has 110 valence electrons. The number of thioether (sulfide) groups is 1. The van der Waals surface area contributed by atoms with Crippen LogP contribution in [0.5, 0.6) is 0 Å². The van der Waals surface area contributed by atoms with E-state index in [9.17, 15) is 4.39 Å². The quantitative estimate of drug-likeness (QED) is 0.372. The Balaban J connectivity index is 1.82. The van der Waals surface area contributed by atoms with Crippen molar-refractivity contribution in [3.05, 3.63) is 77.3 Å². The van der Waals surface area contributed by atoms with E-state index in [1.54, 1.807) is 23.9 Å². The molecule has 0 N–H and O–H groups in total. The van der Waals surface area contributed by atoms with E-state index in [0.717, 1.165) is 16.3 Å². The molecular formula is C17H12ClFN2S. The van der Waals surface area contributed by atoms with Gasteiger partial charge in [0.25, 0.3) is 0 Å². The maximum Gasteiger partial charge on any atom is 0.223 e. The minimum absolute atomic E-state index is 0.192. The Bertz CT molecular complexity index is 763. The highest BCUT2D eigenvalue weighted by molar-refractivity contribution is 7.98. The summed E-state index contributed by atoms with van der Waals surface area (Å²) in [4.78, 5) is 8.44. The highest BCUT2D eigenvalue weighted by Crippen LogP contribution is 2.26. The van der Waals surface area contributed by atoms with Gasteiger partial charge in [-0.1, -0.05) is 30.3 Å². The maximum absolute atomic E-state index is 13.0. The number of halogens is 2. The molecule has 0 atom stereocenters. The lowest BCUT2D eigenvalue weighted by Crippen LogP contribution is -1.91. The van der Waals surface area contributed by atoms with E-state index in [1.807, 2.05) is 24.3 Å². The van der Waals surface area contributed by atoms with Gasteiger partial charge in [-0.15, -0.1) is 11.8 Å². The summed E-state index contributed by atoms with van der Waals surface area (Å²) in [7, 11) is 0. The second kappa shape index (κ2) is 6.90. The van der Waals surface area contributed by atoms with Crippen molar-refractivity contribution in [1.82, 2.24) is 9.97 Å². The summed E-state index contributed by atoms with van der Waals surface area (Å²) in [5.74, 6) is 0.527. The number of nitrogens with zero attached hydrogens (tertiary/aromatic N) is 2. The molecule has 0 aliphatic heterocycles. The predicted octanol–water partition coefficient (Wildman–Crippen LogP) is 5.23. The van der Waals surface area contributed by atoms with Gasteiger partial charge in [-0.3, -0.25) is 0 Å². The van der Waals surface area contributed by atoms with E-state index in [2.05, 4.69) is 22.1 Å². The first-order valence-corrected chi connectivity index (χ1v) is 8.04. The largest absolute Gasteiger partial charge is 0.223 e. The van der Waals surface area contributed by atoms with Crippen molar-refractivity contribution in [3.63, 3.8) is 0 Å². The van der Waals surface area contributed by atoms with Crippen LogP contribution in [0.1, 0.15) is 5.56 Å². The van der Waals surface area contributed by atoms with Crippen LogP contribution in [0.3, 0.4) is 0 Å². The normalized spacial score (nSPS) is 10.6. The Morgan fingerprint density at radius 2 is 1.68 bits per heavy atom. The summed E-state index contributed by atoms with van der Waals surface area (Å²) < 4.78 is 13.0. The summed E-state index contributed by atoms with van der Waals surface area (Å²) >= 11 is 7.59. The van der Waals surface area contributed by atoms with Crippen molar-refractivity contribution >= 4 is 23.4 Å². The molecule has 0 bridgehead atoms. The van der Waals surface area contributed by atoms with E-state index in [-0.39, 0.29) is 11.1 Å². The van der Waals surface area contributed by atoms with Crippen LogP contribution in [0.15, 0.2) is 65.7 Å². The molecule has 0 spiro atoms. The molecule has 0 unspecified atom stereocenters. The molecule has 0 amide bonds. The van der Waals surface area contributed by atoms with Gasteiger partial charge >= 0.3 is 0 Å². The lowest BCUT2D eigenvalue weighted by atomic mass is 10.1. The summed E-state index contributed by atoms with van der Waals surface area (Å²) in [6.45, 7) is 0. The van der Waals surface area contributed by atoms with Gasteiger partial charge in [0.1, 0.15) is 10.8 Å². The van der Waals surface area contributed by atoms with Crippen LogP contribution in [0, 0.1) is 5.82 Å². The highest BCUT2D eigenvalue weighted by atomic mass is 35.5. The molecular weight excluding hydrogens is 319 g/mol. The zero-order valence-electron chi connectivity index (χ0n) is 11.5. The molecule has 0 saturated carbocycles. The van der Waals surface area contributed by atoms with Gasteiger partial charge < -0.3 is 0 Å². The Hall–Kier alpha value is -1.91. The van der Waals surface area contributed by atoms with Crippen molar-refractivity contribution in [3.8, 4) is 11.3 Å². The van der Waals surface area contributed by atoms with Crippen LogP contribution >= 0.6 is 23.4 Å². The van der Waals surface area contributed by atoms with Gasteiger partial charge in [-0.05, 0) is 47.5 Å². The second-order valence-electron chi connectivity index (χ2n) is 4.64. The molecule has 0 saturated heterocycles. The van der Waals surface area contributed by atoms with E-state index >= 15 is 0 Å². The third kappa shape index (κ3) is 3.84. The van der Waals surface area contributed by atoms with Gasteiger partial charge in [0.2, 0.25) is 5.28 Å². The van der Waals surface area contributed by atoms with E-state index in [1.165, 1.54) is 17.7 Å². The van der Waals surface area contributed by atoms with Gasteiger partial charge in [0.05, 0.1) is 5.69 Å². The van der Waals surface area contributed by atoms with E-state index in [0.29, 0.717) is 5.69 Å². The predicted molar refractivity (Wildman–Crippen MR) is 88.4 cm³/mol. The fourth-order valence-electron chi connectivity index (χ4n) is 1.97. The fourth-order valence-corrected chi connectivity index (χ4v) is 3.06. The molecule has 3 rings (SSSR count). The molecule has 0 radical (unpaired) electrons. The Morgan fingerprint density at radius 3 is 2.41 bits per heavy atom. The third-order valence-electron chi connectivity index (χ3n) is 3.04. The number of rotatable bonds is 4. The Kier molecular flexibility index (Phi) is 4.71. The standard InChI is InChI=1S/C17H12ClFN2S/c18-17-20-15(13-6-8-14(19)9-7-13)10-16(21-17)22-11-12-4-2-1-3-5-12/h1-10H,11H2. The van der Waals surface area contributed by atoms with Crippen molar-refractivity contribution in [2.24, 2.45) is 0 Å². The Morgan fingerprint density at radius 1 is 0.955 bits per heavy atom. The zero-order chi connectivity index (χ0) is 15.4. The van der Waals surface area contributed by atoms with Crippen LogP contribution in [0.2, 0.25) is 5.28 Å². The summed E-state index contributed by atoms with van der Waals surface area (Å²) in [6, 6.07) is 18.2. The average Bonchev–Trinajstić information content (AvgIpc) is 2.54. The van der Waals surface area contributed by atoms with Crippen molar-refractivity contribution in [1.29, 1.82) is 0 Å².